The number of para-hydroxylation sites is 3. The first-order chi connectivity index (χ1) is 30.8. The van der Waals surface area contributed by atoms with Crippen LogP contribution in [0.4, 0.5) is 34.1 Å². The summed E-state index contributed by atoms with van der Waals surface area (Å²) in [7, 11) is 0. The second-order valence-corrected chi connectivity index (χ2v) is 16.1. The maximum absolute atomic E-state index is 6.22. The molecular formula is C57H40N4O. The molecule has 0 aliphatic heterocycles. The van der Waals surface area contributed by atoms with E-state index in [1.165, 1.54) is 44.5 Å². The van der Waals surface area contributed by atoms with Gasteiger partial charge in [0.25, 0.3) is 0 Å². The van der Waals surface area contributed by atoms with Crippen molar-refractivity contribution in [3.05, 3.63) is 253 Å². The number of nitrogens with zero attached hydrogens (tertiary/aromatic N) is 4. The van der Waals surface area contributed by atoms with E-state index < -0.39 is 5.41 Å². The summed E-state index contributed by atoms with van der Waals surface area (Å²) >= 11 is 0. The Morgan fingerprint density at radius 3 is 1.37 bits per heavy atom. The van der Waals surface area contributed by atoms with Gasteiger partial charge in [-0.25, -0.2) is 0 Å². The summed E-state index contributed by atoms with van der Waals surface area (Å²) in [5.74, 6) is 1.26. The molecule has 0 saturated carbocycles. The number of benzene rings is 8. The molecule has 9 aromatic rings. The third-order valence-electron chi connectivity index (χ3n) is 12.7. The third kappa shape index (κ3) is 5.62. The molecule has 3 aliphatic rings. The Balaban J connectivity index is 1.03. The van der Waals surface area contributed by atoms with Crippen molar-refractivity contribution in [2.24, 2.45) is 0 Å². The molecule has 0 fully saturated rings. The quantitative estimate of drug-likeness (QED) is 0.153. The SMILES string of the molecule is C1=CCC(c2nnc(-c3ccc(N(c4ccccc4)c4ccc5c(c4)C4(c6ccccc6-c6ccccc64)c4cc(N(c6ccccc6)c6ccccc6)ccc4-5)cc3)o2)C=C1. The van der Waals surface area contributed by atoms with Gasteiger partial charge in [0.2, 0.25) is 11.8 Å². The minimum absolute atomic E-state index is 0.0976. The van der Waals surface area contributed by atoms with Gasteiger partial charge in [-0.2, -0.15) is 0 Å². The molecule has 1 spiro atoms. The minimum atomic E-state index is -0.561. The summed E-state index contributed by atoms with van der Waals surface area (Å²) in [6.07, 6.45) is 9.20. The molecule has 8 aromatic carbocycles. The molecule has 0 bridgehead atoms. The van der Waals surface area contributed by atoms with E-state index >= 15 is 0 Å². The van der Waals surface area contributed by atoms with Crippen molar-refractivity contribution in [1.29, 1.82) is 0 Å². The lowest BCUT2D eigenvalue weighted by atomic mass is 9.70. The molecule has 0 N–H and O–H groups in total. The van der Waals surface area contributed by atoms with Gasteiger partial charge in [-0.05, 0) is 136 Å². The molecule has 1 atom stereocenters. The first-order valence-corrected chi connectivity index (χ1v) is 21.3. The number of rotatable bonds is 8. The Hall–Kier alpha value is -8.02. The Morgan fingerprint density at radius 1 is 0.419 bits per heavy atom. The van der Waals surface area contributed by atoms with E-state index in [1.54, 1.807) is 0 Å². The van der Waals surface area contributed by atoms with Crippen LogP contribution in [0.5, 0.6) is 0 Å². The van der Waals surface area contributed by atoms with Gasteiger partial charge in [0, 0.05) is 39.7 Å². The largest absolute Gasteiger partial charge is 0.420 e. The summed E-state index contributed by atoms with van der Waals surface area (Å²) in [4.78, 5) is 4.72. The topological polar surface area (TPSA) is 45.4 Å². The second kappa shape index (κ2) is 14.6. The molecule has 5 nitrogen and oxygen atoms in total. The maximum Gasteiger partial charge on any atom is 0.247 e. The number of allylic oxidation sites excluding steroid dienone is 4. The second-order valence-electron chi connectivity index (χ2n) is 16.1. The van der Waals surface area contributed by atoms with Crippen LogP contribution >= 0.6 is 0 Å². The fraction of sp³-hybridized carbons (Fsp3) is 0.0526. The monoisotopic (exact) mass is 796 g/mol. The molecule has 1 heterocycles. The molecule has 12 rings (SSSR count). The molecule has 1 unspecified atom stereocenters. The first-order valence-electron chi connectivity index (χ1n) is 21.3. The van der Waals surface area contributed by atoms with Crippen molar-refractivity contribution in [3.63, 3.8) is 0 Å². The molecule has 1 aromatic heterocycles. The van der Waals surface area contributed by atoms with E-state index in [-0.39, 0.29) is 5.92 Å². The van der Waals surface area contributed by atoms with Crippen LogP contribution in [0.2, 0.25) is 0 Å². The van der Waals surface area contributed by atoms with Crippen LogP contribution in [0.15, 0.2) is 229 Å². The molecule has 5 heteroatoms. The van der Waals surface area contributed by atoms with E-state index in [0.717, 1.165) is 46.1 Å². The van der Waals surface area contributed by atoms with E-state index in [9.17, 15) is 0 Å². The van der Waals surface area contributed by atoms with Crippen molar-refractivity contribution in [2.75, 3.05) is 9.80 Å². The fourth-order valence-electron chi connectivity index (χ4n) is 10.0. The summed E-state index contributed by atoms with van der Waals surface area (Å²) in [6, 6.07) is 72.6. The standard InChI is InChI=1S/C57H40N4O/c1-5-17-39(18-6-1)55-58-59-56(62-55)40-29-31-44(32-30-40)61(43-23-11-4-12-24-43)46-34-36-50-49-35-33-45(60(41-19-7-2-8-20-41)42-21-9-3-10-22-42)37-53(49)57(54(50)38-46)51-27-15-13-25-47(51)48-26-14-16-28-52(48)57/h1-17,19-39H,18H2. The summed E-state index contributed by atoms with van der Waals surface area (Å²) in [6.45, 7) is 0. The highest BCUT2D eigenvalue weighted by Gasteiger charge is 2.52. The Kier molecular flexibility index (Phi) is 8.46. The van der Waals surface area contributed by atoms with Gasteiger partial charge in [-0.3, -0.25) is 0 Å². The van der Waals surface area contributed by atoms with Crippen LogP contribution in [0.25, 0.3) is 33.7 Å². The van der Waals surface area contributed by atoms with Crippen LogP contribution in [0.1, 0.15) is 40.5 Å². The zero-order chi connectivity index (χ0) is 41.0. The van der Waals surface area contributed by atoms with E-state index in [0.29, 0.717) is 11.8 Å². The van der Waals surface area contributed by atoms with Crippen LogP contribution in [-0.2, 0) is 5.41 Å². The number of aromatic nitrogens is 2. The summed E-state index contributed by atoms with van der Waals surface area (Å²) in [5.41, 5.74) is 17.0. The van der Waals surface area contributed by atoms with Crippen molar-refractivity contribution >= 4 is 34.1 Å². The van der Waals surface area contributed by atoms with Crippen LogP contribution in [0.3, 0.4) is 0 Å². The highest BCUT2D eigenvalue weighted by atomic mass is 16.4. The van der Waals surface area contributed by atoms with Gasteiger partial charge >= 0.3 is 0 Å². The Morgan fingerprint density at radius 2 is 0.871 bits per heavy atom. The smallest absolute Gasteiger partial charge is 0.247 e. The van der Waals surface area contributed by atoms with E-state index in [2.05, 4.69) is 238 Å². The van der Waals surface area contributed by atoms with Gasteiger partial charge in [-0.15, -0.1) is 10.2 Å². The van der Waals surface area contributed by atoms with Crippen molar-refractivity contribution < 1.29 is 4.42 Å². The zero-order valence-electron chi connectivity index (χ0n) is 33.8. The third-order valence-corrected chi connectivity index (χ3v) is 12.7. The molecule has 3 aliphatic carbocycles. The van der Waals surface area contributed by atoms with Crippen LogP contribution in [0, 0.1) is 0 Å². The average molecular weight is 797 g/mol. The molecular weight excluding hydrogens is 757 g/mol. The lowest BCUT2D eigenvalue weighted by molar-refractivity contribution is 0.484. The van der Waals surface area contributed by atoms with Gasteiger partial charge in [-0.1, -0.05) is 140 Å². The van der Waals surface area contributed by atoms with Crippen LogP contribution in [-0.4, -0.2) is 10.2 Å². The lowest BCUT2D eigenvalue weighted by Gasteiger charge is -2.33. The summed E-state index contributed by atoms with van der Waals surface area (Å²) < 4.78 is 6.22. The Labute approximate surface area is 361 Å². The van der Waals surface area contributed by atoms with Crippen molar-refractivity contribution in [1.82, 2.24) is 10.2 Å². The first kappa shape index (κ1) is 35.9. The summed E-state index contributed by atoms with van der Waals surface area (Å²) in [5, 5.41) is 8.87. The molecule has 0 radical (unpaired) electrons. The highest BCUT2D eigenvalue weighted by Crippen LogP contribution is 2.64. The minimum Gasteiger partial charge on any atom is -0.420 e. The van der Waals surface area contributed by atoms with Gasteiger partial charge in [0.15, 0.2) is 0 Å². The molecule has 294 valence electrons. The fourth-order valence-corrected chi connectivity index (χ4v) is 10.0. The average Bonchev–Trinajstić information content (AvgIpc) is 4.04. The molecule has 62 heavy (non-hydrogen) atoms. The van der Waals surface area contributed by atoms with E-state index in [4.69, 9.17) is 4.42 Å². The van der Waals surface area contributed by atoms with Gasteiger partial charge in [0.05, 0.1) is 11.3 Å². The Bertz CT molecular complexity index is 3080. The number of anilines is 6. The van der Waals surface area contributed by atoms with Crippen molar-refractivity contribution in [3.8, 4) is 33.7 Å². The lowest BCUT2D eigenvalue weighted by Crippen LogP contribution is -2.26. The maximum atomic E-state index is 6.22. The van der Waals surface area contributed by atoms with Gasteiger partial charge in [0.1, 0.15) is 0 Å². The van der Waals surface area contributed by atoms with Gasteiger partial charge < -0.3 is 14.2 Å². The number of hydrogen-bond acceptors (Lipinski definition) is 5. The molecule has 0 amide bonds. The number of hydrogen-bond donors (Lipinski definition) is 0. The normalized spacial score (nSPS) is 14.9. The zero-order valence-corrected chi connectivity index (χ0v) is 33.8. The number of fused-ring (bicyclic) bond motifs is 10. The van der Waals surface area contributed by atoms with Crippen LogP contribution < -0.4 is 9.80 Å². The molecule has 0 saturated heterocycles. The van der Waals surface area contributed by atoms with E-state index in [1.807, 2.05) is 6.08 Å². The highest BCUT2D eigenvalue weighted by molar-refractivity contribution is 5.97. The predicted octanol–water partition coefficient (Wildman–Crippen LogP) is 14.6. The predicted molar refractivity (Wildman–Crippen MR) is 251 cm³/mol. The van der Waals surface area contributed by atoms with Crippen molar-refractivity contribution in [2.45, 2.75) is 17.8 Å².